The van der Waals surface area contributed by atoms with E-state index in [2.05, 4.69) is 43.0 Å². The highest BCUT2D eigenvalue weighted by Gasteiger charge is 2.43. The van der Waals surface area contributed by atoms with Crippen molar-refractivity contribution in [1.29, 1.82) is 0 Å². The number of likely N-dealkylation sites (tertiary alicyclic amines) is 1. The van der Waals surface area contributed by atoms with Crippen molar-refractivity contribution in [2.45, 2.75) is 56.5 Å². The zero-order valence-corrected chi connectivity index (χ0v) is 21.0. The molecule has 11 heteroatoms. The molecule has 0 unspecified atom stereocenters. The second kappa shape index (κ2) is 11.6. The number of carbonyl (C=O) groups is 1. The number of carboxylic acid groups (broad SMARTS) is 1. The summed E-state index contributed by atoms with van der Waals surface area (Å²) in [4.78, 5) is 11.6. The lowest BCUT2D eigenvalue weighted by atomic mass is 10.0. The summed E-state index contributed by atoms with van der Waals surface area (Å²) in [5, 5.41) is 7.12. The maximum atomic E-state index is 13.5. The van der Waals surface area contributed by atoms with E-state index in [0.29, 0.717) is 17.2 Å². The Balaban J connectivity index is 0.000000454. The fourth-order valence-corrected chi connectivity index (χ4v) is 6.37. The summed E-state index contributed by atoms with van der Waals surface area (Å²) in [6.07, 6.45) is -3.62. The van der Waals surface area contributed by atoms with E-state index >= 15 is 0 Å². The van der Waals surface area contributed by atoms with Gasteiger partial charge >= 0.3 is 12.1 Å². The van der Waals surface area contributed by atoms with Gasteiger partial charge in [0.25, 0.3) is 0 Å². The minimum Gasteiger partial charge on any atom is -0.487 e. The molecule has 0 radical (unpaired) electrons. The van der Waals surface area contributed by atoms with E-state index in [1.165, 1.54) is 5.56 Å². The molecule has 2 aliphatic heterocycles. The van der Waals surface area contributed by atoms with Crippen LogP contribution in [0.4, 0.5) is 13.2 Å². The predicted molar refractivity (Wildman–Crippen MR) is 128 cm³/mol. The van der Waals surface area contributed by atoms with Crippen LogP contribution in [-0.2, 0) is 21.4 Å². The second-order valence-corrected chi connectivity index (χ2v) is 11.1. The quantitative estimate of drug-likeness (QED) is 0.634. The normalized spacial score (nSPS) is 22.2. The zero-order valence-electron chi connectivity index (χ0n) is 20.2. The fraction of sp³-hybridized carbons (Fsp3) is 0.480. The molecule has 36 heavy (non-hydrogen) atoms. The van der Waals surface area contributed by atoms with Crippen LogP contribution in [0.1, 0.15) is 32.3 Å². The molecule has 1 N–H and O–H groups in total. The molecule has 2 atom stereocenters. The maximum Gasteiger partial charge on any atom is 0.490 e. The van der Waals surface area contributed by atoms with Crippen molar-refractivity contribution in [3.05, 3.63) is 60.2 Å². The Morgan fingerprint density at radius 2 is 1.64 bits per heavy atom. The van der Waals surface area contributed by atoms with Crippen LogP contribution in [0.15, 0.2) is 59.5 Å². The number of para-hydroxylation sites is 1. The number of sulfonamides is 1. The smallest absolute Gasteiger partial charge is 0.487 e. The Morgan fingerprint density at radius 1 is 1.06 bits per heavy atom. The molecule has 2 aromatic carbocycles. The lowest BCUT2D eigenvalue weighted by Crippen LogP contribution is -2.48. The number of fused-ring (bicyclic) bond motifs is 2. The van der Waals surface area contributed by atoms with Gasteiger partial charge in [-0.1, -0.05) is 56.3 Å². The first kappa shape index (κ1) is 27.9. The van der Waals surface area contributed by atoms with Crippen LogP contribution in [0.25, 0.3) is 0 Å². The summed E-state index contributed by atoms with van der Waals surface area (Å²) >= 11 is 0. The summed E-state index contributed by atoms with van der Waals surface area (Å²) in [5.74, 6) is -2.02. The molecule has 0 saturated carbocycles. The monoisotopic (exact) mass is 528 g/mol. The van der Waals surface area contributed by atoms with Gasteiger partial charge in [0.15, 0.2) is 0 Å². The van der Waals surface area contributed by atoms with Crippen molar-refractivity contribution in [2.24, 2.45) is 5.92 Å². The Bertz CT molecular complexity index is 1130. The SMILES string of the molecule is CC(C)CN1[C@H]2CCN(Cc3ccccc3)CC[C@@H]2Oc2ccccc2S1(=O)=O.O=C(O)C(F)(F)F. The molecule has 0 bridgehead atoms. The number of nitrogens with zero attached hydrogens (tertiary/aromatic N) is 2. The van der Waals surface area contributed by atoms with Crippen molar-refractivity contribution < 1.29 is 36.2 Å². The number of rotatable bonds is 4. The average molecular weight is 529 g/mol. The van der Waals surface area contributed by atoms with Gasteiger partial charge in [-0.3, -0.25) is 4.90 Å². The van der Waals surface area contributed by atoms with Crippen LogP contribution in [0.3, 0.4) is 0 Å². The molecule has 2 aromatic rings. The third-order valence-electron chi connectivity index (χ3n) is 6.02. The second-order valence-electron chi connectivity index (χ2n) is 9.28. The van der Waals surface area contributed by atoms with Gasteiger partial charge in [-0.15, -0.1) is 0 Å². The predicted octanol–water partition coefficient (Wildman–Crippen LogP) is 4.39. The Kier molecular flexibility index (Phi) is 9.02. The average Bonchev–Trinajstić information content (AvgIpc) is 3.04. The van der Waals surface area contributed by atoms with E-state index in [1.54, 1.807) is 22.5 Å². The van der Waals surface area contributed by atoms with Crippen molar-refractivity contribution in [3.8, 4) is 5.75 Å². The van der Waals surface area contributed by atoms with Crippen LogP contribution >= 0.6 is 0 Å². The molecule has 7 nitrogen and oxygen atoms in total. The summed E-state index contributed by atoms with van der Waals surface area (Å²) in [7, 11) is -3.59. The van der Waals surface area contributed by atoms with Crippen LogP contribution in [0, 0.1) is 5.92 Å². The van der Waals surface area contributed by atoms with Crippen LogP contribution in [0.2, 0.25) is 0 Å². The molecule has 1 fully saturated rings. The highest BCUT2D eigenvalue weighted by molar-refractivity contribution is 7.89. The fourth-order valence-electron chi connectivity index (χ4n) is 4.40. The number of hydrogen-bond donors (Lipinski definition) is 1. The first-order chi connectivity index (χ1) is 16.9. The summed E-state index contributed by atoms with van der Waals surface area (Å²) in [6.45, 7) is 7.29. The Hall–Kier alpha value is -2.63. The van der Waals surface area contributed by atoms with E-state index in [0.717, 1.165) is 32.5 Å². The molecule has 198 valence electrons. The Labute approximate surface area is 209 Å². The van der Waals surface area contributed by atoms with Crippen LogP contribution in [-0.4, -0.2) is 66.7 Å². The summed E-state index contributed by atoms with van der Waals surface area (Å²) in [6, 6.07) is 17.4. The molecule has 0 spiro atoms. The maximum absolute atomic E-state index is 13.5. The molecule has 2 heterocycles. The van der Waals surface area contributed by atoms with E-state index in [1.807, 2.05) is 12.1 Å². The summed E-state index contributed by atoms with van der Waals surface area (Å²) in [5.41, 5.74) is 1.28. The van der Waals surface area contributed by atoms with Crippen molar-refractivity contribution >= 4 is 16.0 Å². The Morgan fingerprint density at radius 3 is 2.25 bits per heavy atom. The molecule has 0 amide bonds. The molecular weight excluding hydrogens is 497 g/mol. The number of ether oxygens (including phenoxy) is 1. The topological polar surface area (TPSA) is 87.2 Å². The molecule has 1 saturated heterocycles. The first-order valence-electron chi connectivity index (χ1n) is 11.7. The van der Waals surface area contributed by atoms with Gasteiger partial charge in [-0.25, -0.2) is 13.2 Å². The highest BCUT2D eigenvalue weighted by atomic mass is 32.2. The van der Waals surface area contributed by atoms with Crippen LogP contribution in [0.5, 0.6) is 5.75 Å². The van der Waals surface area contributed by atoms with Gasteiger partial charge in [0.05, 0.1) is 6.04 Å². The number of carboxylic acids is 1. The number of aliphatic carboxylic acids is 1. The van der Waals surface area contributed by atoms with Crippen molar-refractivity contribution in [1.82, 2.24) is 9.21 Å². The lowest BCUT2D eigenvalue weighted by Gasteiger charge is -2.32. The minimum absolute atomic E-state index is 0.132. The number of benzene rings is 2. The van der Waals surface area contributed by atoms with E-state index < -0.39 is 22.2 Å². The first-order valence-corrected chi connectivity index (χ1v) is 13.2. The van der Waals surface area contributed by atoms with Crippen molar-refractivity contribution in [2.75, 3.05) is 19.6 Å². The van der Waals surface area contributed by atoms with Gasteiger partial charge in [0, 0.05) is 26.2 Å². The molecule has 4 rings (SSSR count). The molecule has 2 aliphatic rings. The molecule has 0 aliphatic carbocycles. The molecular formula is C25H31F3N2O5S. The van der Waals surface area contributed by atoms with Crippen LogP contribution < -0.4 is 4.74 Å². The standard InChI is InChI=1S/C23H30N2O3S.C2HF3O2/c1-18(2)16-25-20-12-14-24(17-19-8-4-3-5-9-19)15-13-21(20)28-22-10-6-7-11-23(22)29(25,26)27;3-2(4,5)1(6)7/h3-11,18,20-21H,12-17H2,1-2H3;(H,6,7)/t20-,21-;/m0./s1. The lowest BCUT2D eigenvalue weighted by molar-refractivity contribution is -0.192. The van der Waals surface area contributed by atoms with Crippen molar-refractivity contribution in [3.63, 3.8) is 0 Å². The van der Waals surface area contributed by atoms with E-state index in [4.69, 9.17) is 14.6 Å². The van der Waals surface area contributed by atoms with Gasteiger partial charge in [-0.2, -0.15) is 17.5 Å². The van der Waals surface area contributed by atoms with Gasteiger partial charge in [-0.05, 0) is 36.5 Å². The minimum atomic E-state index is -5.08. The van der Waals surface area contributed by atoms with E-state index in [-0.39, 0.29) is 18.1 Å². The molecule has 0 aromatic heterocycles. The third-order valence-corrected chi connectivity index (χ3v) is 7.95. The summed E-state index contributed by atoms with van der Waals surface area (Å²) < 4.78 is 66.9. The zero-order chi connectivity index (χ0) is 26.5. The number of alkyl halides is 3. The largest absolute Gasteiger partial charge is 0.490 e. The number of halogens is 3. The van der Waals surface area contributed by atoms with Gasteiger partial charge < -0.3 is 9.84 Å². The third kappa shape index (κ3) is 6.98. The number of hydrogen-bond acceptors (Lipinski definition) is 5. The highest BCUT2D eigenvalue weighted by Crippen LogP contribution is 2.37. The van der Waals surface area contributed by atoms with E-state index in [9.17, 15) is 21.6 Å². The van der Waals surface area contributed by atoms with Gasteiger partial charge in [0.2, 0.25) is 10.0 Å². The van der Waals surface area contributed by atoms with Gasteiger partial charge in [0.1, 0.15) is 16.7 Å².